The Kier molecular flexibility index (Phi) is 4.07. The van der Waals surface area contributed by atoms with Crippen molar-refractivity contribution in [3.05, 3.63) is 48.2 Å². The molecule has 1 aromatic carbocycles. The third-order valence-electron chi connectivity index (χ3n) is 4.09. The van der Waals surface area contributed by atoms with Gasteiger partial charge in [-0.05, 0) is 36.6 Å². The Morgan fingerprint density at radius 3 is 2.65 bits per heavy atom. The van der Waals surface area contributed by atoms with E-state index in [2.05, 4.69) is 39.5 Å². The van der Waals surface area contributed by atoms with Crippen LogP contribution in [-0.2, 0) is 11.2 Å². The molecular formula is C19H23N3O. The van der Waals surface area contributed by atoms with E-state index in [1.807, 2.05) is 39.1 Å². The summed E-state index contributed by atoms with van der Waals surface area (Å²) in [6.45, 7) is 6.66. The van der Waals surface area contributed by atoms with Crippen LogP contribution in [-0.4, -0.2) is 17.4 Å². The van der Waals surface area contributed by atoms with Gasteiger partial charge in [0, 0.05) is 17.6 Å². The summed E-state index contributed by atoms with van der Waals surface area (Å²) < 4.78 is 0. The van der Waals surface area contributed by atoms with Gasteiger partial charge in [-0.2, -0.15) is 0 Å². The lowest BCUT2D eigenvalue weighted by molar-refractivity contribution is -0.123. The van der Waals surface area contributed by atoms with Crippen LogP contribution < -0.4 is 10.2 Å². The third-order valence-corrected chi connectivity index (χ3v) is 4.09. The highest BCUT2D eigenvalue weighted by Crippen LogP contribution is 2.33. The van der Waals surface area contributed by atoms with E-state index in [1.165, 1.54) is 11.3 Å². The fourth-order valence-corrected chi connectivity index (χ4v) is 2.73. The predicted molar refractivity (Wildman–Crippen MR) is 94.1 cm³/mol. The van der Waals surface area contributed by atoms with Crippen molar-refractivity contribution in [2.75, 3.05) is 16.8 Å². The summed E-state index contributed by atoms with van der Waals surface area (Å²) in [5.41, 5.74) is 3.27. The smallest absolute Gasteiger partial charge is 0.230 e. The minimum absolute atomic E-state index is 0.0268. The Balaban J connectivity index is 1.80. The van der Waals surface area contributed by atoms with Crippen LogP contribution >= 0.6 is 0 Å². The number of rotatable bonds is 2. The molecule has 0 saturated carbocycles. The second-order valence-electron chi connectivity index (χ2n) is 6.99. The molecule has 0 unspecified atom stereocenters. The van der Waals surface area contributed by atoms with Gasteiger partial charge in [0.15, 0.2) is 0 Å². The molecule has 3 rings (SSSR count). The van der Waals surface area contributed by atoms with Crippen LogP contribution in [0.1, 0.15) is 32.8 Å². The molecule has 1 aromatic heterocycles. The summed E-state index contributed by atoms with van der Waals surface area (Å²) in [7, 11) is 0. The molecule has 2 aromatic rings. The average molecular weight is 309 g/mol. The Labute approximate surface area is 137 Å². The first-order valence-electron chi connectivity index (χ1n) is 8.08. The first-order chi connectivity index (χ1) is 10.9. The molecule has 0 fully saturated rings. The van der Waals surface area contributed by atoms with Crippen LogP contribution in [0.3, 0.4) is 0 Å². The van der Waals surface area contributed by atoms with Crippen molar-refractivity contribution < 1.29 is 4.79 Å². The number of hydrogen-bond acceptors (Lipinski definition) is 3. The van der Waals surface area contributed by atoms with Crippen molar-refractivity contribution in [2.24, 2.45) is 5.41 Å². The first kappa shape index (κ1) is 15.5. The maximum atomic E-state index is 12.0. The van der Waals surface area contributed by atoms with Crippen LogP contribution in [0.2, 0.25) is 0 Å². The Hall–Kier alpha value is -2.36. The topological polar surface area (TPSA) is 45.2 Å². The molecule has 0 aliphatic carbocycles. The van der Waals surface area contributed by atoms with Crippen molar-refractivity contribution in [3.63, 3.8) is 0 Å². The van der Waals surface area contributed by atoms with E-state index in [9.17, 15) is 4.79 Å². The van der Waals surface area contributed by atoms with Gasteiger partial charge in [0.2, 0.25) is 5.91 Å². The zero-order chi connectivity index (χ0) is 16.4. The van der Waals surface area contributed by atoms with Gasteiger partial charge in [-0.1, -0.05) is 39.0 Å². The molecule has 0 bridgehead atoms. The van der Waals surface area contributed by atoms with Gasteiger partial charge in [0.25, 0.3) is 0 Å². The number of amides is 1. The molecular weight excluding hydrogens is 286 g/mol. The predicted octanol–water partition coefficient (Wildman–Crippen LogP) is 4.15. The van der Waals surface area contributed by atoms with Gasteiger partial charge < -0.3 is 10.2 Å². The van der Waals surface area contributed by atoms with Gasteiger partial charge in [-0.3, -0.25) is 4.79 Å². The summed E-state index contributed by atoms with van der Waals surface area (Å²) in [4.78, 5) is 18.7. The molecule has 1 N–H and O–H groups in total. The molecule has 23 heavy (non-hydrogen) atoms. The van der Waals surface area contributed by atoms with E-state index in [1.54, 1.807) is 0 Å². The number of nitrogens with one attached hydrogen (secondary N) is 1. The number of pyridine rings is 1. The number of fused-ring (bicyclic) bond motifs is 1. The van der Waals surface area contributed by atoms with Crippen LogP contribution in [0.15, 0.2) is 42.6 Å². The summed E-state index contributed by atoms with van der Waals surface area (Å²) in [5.74, 6) is 0.569. The van der Waals surface area contributed by atoms with Crippen molar-refractivity contribution in [1.29, 1.82) is 0 Å². The SMILES string of the molecule is CC(C)(C)C(=O)Nc1ccc(N2CCCc3ccccc32)cn1. The van der Waals surface area contributed by atoms with Gasteiger partial charge in [-0.25, -0.2) is 4.98 Å². The number of carbonyl (C=O) groups is 1. The van der Waals surface area contributed by atoms with Crippen molar-refractivity contribution in [3.8, 4) is 0 Å². The summed E-state index contributed by atoms with van der Waals surface area (Å²) >= 11 is 0. The minimum Gasteiger partial charge on any atom is -0.340 e. The van der Waals surface area contributed by atoms with Crippen LogP contribution in [0, 0.1) is 5.41 Å². The largest absolute Gasteiger partial charge is 0.340 e. The highest BCUT2D eigenvalue weighted by molar-refractivity contribution is 5.93. The van der Waals surface area contributed by atoms with E-state index in [4.69, 9.17) is 0 Å². The second kappa shape index (κ2) is 6.03. The number of aromatic nitrogens is 1. The highest BCUT2D eigenvalue weighted by Gasteiger charge is 2.22. The van der Waals surface area contributed by atoms with Gasteiger partial charge in [-0.15, -0.1) is 0 Å². The van der Waals surface area contributed by atoms with Crippen molar-refractivity contribution in [1.82, 2.24) is 4.98 Å². The number of anilines is 3. The number of benzene rings is 1. The molecule has 4 heteroatoms. The molecule has 0 spiro atoms. The van der Waals surface area contributed by atoms with E-state index in [0.717, 1.165) is 25.1 Å². The lowest BCUT2D eigenvalue weighted by Gasteiger charge is -2.31. The zero-order valence-corrected chi connectivity index (χ0v) is 14.0. The molecule has 1 aliphatic heterocycles. The third kappa shape index (κ3) is 3.36. The lowest BCUT2D eigenvalue weighted by Crippen LogP contribution is -2.28. The Morgan fingerprint density at radius 1 is 1.17 bits per heavy atom. The Bertz CT molecular complexity index is 701. The number of aryl methyl sites for hydroxylation is 1. The fourth-order valence-electron chi connectivity index (χ4n) is 2.73. The van der Waals surface area contributed by atoms with E-state index in [0.29, 0.717) is 5.82 Å². The van der Waals surface area contributed by atoms with Crippen LogP contribution in [0.5, 0.6) is 0 Å². The summed E-state index contributed by atoms with van der Waals surface area (Å²) in [6.07, 6.45) is 4.10. The fraction of sp³-hybridized carbons (Fsp3) is 0.368. The number of carbonyl (C=O) groups excluding carboxylic acids is 1. The van der Waals surface area contributed by atoms with Gasteiger partial charge in [0.1, 0.15) is 5.82 Å². The molecule has 2 heterocycles. The van der Waals surface area contributed by atoms with Crippen LogP contribution in [0.4, 0.5) is 17.2 Å². The van der Waals surface area contributed by atoms with Gasteiger partial charge >= 0.3 is 0 Å². The number of nitrogens with zero attached hydrogens (tertiary/aromatic N) is 2. The highest BCUT2D eigenvalue weighted by atomic mass is 16.2. The number of para-hydroxylation sites is 1. The molecule has 4 nitrogen and oxygen atoms in total. The normalized spacial score (nSPS) is 14.3. The van der Waals surface area contributed by atoms with Crippen molar-refractivity contribution >= 4 is 23.1 Å². The quantitative estimate of drug-likeness (QED) is 0.906. The first-order valence-corrected chi connectivity index (χ1v) is 8.08. The maximum Gasteiger partial charge on any atom is 0.230 e. The van der Waals surface area contributed by atoms with E-state index in [-0.39, 0.29) is 5.91 Å². The maximum absolute atomic E-state index is 12.0. The molecule has 1 aliphatic rings. The lowest BCUT2D eigenvalue weighted by atomic mass is 9.96. The second-order valence-corrected chi connectivity index (χ2v) is 6.99. The number of hydrogen-bond donors (Lipinski definition) is 1. The Morgan fingerprint density at radius 2 is 1.96 bits per heavy atom. The zero-order valence-electron chi connectivity index (χ0n) is 14.0. The molecule has 1 amide bonds. The van der Waals surface area contributed by atoms with Gasteiger partial charge in [0.05, 0.1) is 11.9 Å². The van der Waals surface area contributed by atoms with Crippen LogP contribution in [0.25, 0.3) is 0 Å². The molecule has 0 atom stereocenters. The van der Waals surface area contributed by atoms with E-state index < -0.39 is 5.41 Å². The summed E-state index contributed by atoms with van der Waals surface area (Å²) in [5, 5.41) is 2.86. The monoisotopic (exact) mass is 309 g/mol. The summed E-state index contributed by atoms with van der Waals surface area (Å²) in [6, 6.07) is 12.4. The minimum atomic E-state index is -0.424. The molecule has 0 radical (unpaired) electrons. The van der Waals surface area contributed by atoms with Crippen molar-refractivity contribution in [2.45, 2.75) is 33.6 Å². The standard InChI is InChI=1S/C19H23N3O/c1-19(2,3)18(23)21-17-11-10-15(13-20-17)22-12-6-8-14-7-4-5-9-16(14)22/h4-5,7,9-11,13H,6,8,12H2,1-3H3,(H,20,21,23). The van der Waals surface area contributed by atoms with E-state index >= 15 is 0 Å². The average Bonchev–Trinajstić information content (AvgIpc) is 2.54. The molecule has 0 saturated heterocycles. The molecule has 120 valence electrons.